The normalized spacial score (nSPS) is 11.3. The lowest BCUT2D eigenvalue weighted by Crippen LogP contribution is -2.12. The molecule has 2 N–H and O–H groups in total. The second-order valence-electron chi connectivity index (χ2n) is 6.68. The van der Waals surface area contributed by atoms with Crippen molar-refractivity contribution in [3.63, 3.8) is 0 Å². The van der Waals surface area contributed by atoms with Crippen LogP contribution in [0.25, 0.3) is 10.9 Å². The molecule has 30 heavy (non-hydrogen) atoms. The van der Waals surface area contributed by atoms with Crippen LogP contribution in [0.2, 0.25) is 0 Å². The van der Waals surface area contributed by atoms with E-state index in [2.05, 4.69) is 20.8 Å². The molecule has 4 aromatic rings. The standard InChI is InChI=1S/C24H22N4O2/c1-18(28-30-16-19-7-3-2-4-8-19)15-29-21-13-11-20(12-14-21)27-24-22-9-5-6-10-23(22)25-17-26-24/h2-15,17,28H,16H2,1H3,(H,25,26,27). The van der Waals surface area contributed by atoms with Crippen molar-refractivity contribution in [3.8, 4) is 5.75 Å². The minimum Gasteiger partial charge on any atom is -0.463 e. The fourth-order valence-corrected chi connectivity index (χ4v) is 2.85. The smallest absolute Gasteiger partial charge is 0.141 e. The van der Waals surface area contributed by atoms with Gasteiger partial charge in [0.1, 0.15) is 24.2 Å². The average Bonchev–Trinajstić information content (AvgIpc) is 2.80. The van der Waals surface area contributed by atoms with Crippen molar-refractivity contribution in [1.82, 2.24) is 15.4 Å². The fourth-order valence-electron chi connectivity index (χ4n) is 2.85. The molecule has 0 spiro atoms. The van der Waals surface area contributed by atoms with E-state index < -0.39 is 0 Å². The van der Waals surface area contributed by atoms with E-state index in [1.807, 2.05) is 85.8 Å². The number of aromatic nitrogens is 2. The van der Waals surface area contributed by atoms with Gasteiger partial charge in [-0.05, 0) is 48.9 Å². The molecular weight excluding hydrogens is 376 g/mol. The largest absolute Gasteiger partial charge is 0.463 e. The third-order valence-corrected chi connectivity index (χ3v) is 4.35. The van der Waals surface area contributed by atoms with Crippen LogP contribution in [-0.4, -0.2) is 9.97 Å². The van der Waals surface area contributed by atoms with Crippen molar-refractivity contribution in [3.05, 3.63) is 103 Å². The second kappa shape index (κ2) is 9.54. The molecule has 0 radical (unpaired) electrons. The lowest BCUT2D eigenvalue weighted by molar-refractivity contribution is 0.0479. The van der Waals surface area contributed by atoms with Gasteiger partial charge in [0.25, 0.3) is 0 Å². The van der Waals surface area contributed by atoms with Crippen LogP contribution in [-0.2, 0) is 11.4 Å². The summed E-state index contributed by atoms with van der Waals surface area (Å²) in [5.41, 5.74) is 6.55. The minimum absolute atomic E-state index is 0.476. The number of allylic oxidation sites excluding steroid dienone is 1. The Morgan fingerprint density at radius 3 is 2.50 bits per heavy atom. The fraction of sp³-hybridized carbons (Fsp3) is 0.0833. The average molecular weight is 398 g/mol. The molecule has 0 atom stereocenters. The Bertz CT molecular complexity index is 1120. The van der Waals surface area contributed by atoms with Gasteiger partial charge >= 0.3 is 0 Å². The van der Waals surface area contributed by atoms with Crippen molar-refractivity contribution in [2.45, 2.75) is 13.5 Å². The van der Waals surface area contributed by atoms with Gasteiger partial charge in [0.15, 0.2) is 0 Å². The van der Waals surface area contributed by atoms with Crippen LogP contribution in [0.15, 0.2) is 97.1 Å². The van der Waals surface area contributed by atoms with Crippen molar-refractivity contribution >= 4 is 22.4 Å². The number of fused-ring (bicyclic) bond motifs is 1. The number of para-hydroxylation sites is 1. The second-order valence-corrected chi connectivity index (χ2v) is 6.68. The third kappa shape index (κ3) is 5.12. The Kier molecular flexibility index (Phi) is 6.17. The molecule has 3 aromatic carbocycles. The van der Waals surface area contributed by atoms with E-state index in [0.29, 0.717) is 6.61 Å². The Hall–Kier alpha value is -3.90. The van der Waals surface area contributed by atoms with Crippen LogP contribution >= 0.6 is 0 Å². The predicted octanol–water partition coefficient (Wildman–Crippen LogP) is 5.33. The minimum atomic E-state index is 0.476. The number of hydrogen-bond donors (Lipinski definition) is 2. The quantitative estimate of drug-likeness (QED) is 0.309. The number of anilines is 2. The summed E-state index contributed by atoms with van der Waals surface area (Å²) in [5.74, 6) is 1.49. The van der Waals surface area contributed by atoms with E-state index in [9.17, 15) is 0 Å². The molecule has 0 amide bonds. The van der Waals surface area contributed by atoms with Crippen LogP contribution in [0.1, 0.15) is 12.5 Å². The van der Waals surface area contributed by atoms with Crippen LogP contribution in [0.4, 0.5) is 11.5 Å². The van der Waals surface area contributed by atoms with Crippen molar-refractivity contribution in [1.29, 1.82) is 0 Å². The summed E-state index contributed by atoms with van der Waals surface area (Å²) in [4.78, 5) is 14.1. The maximum absolute atomic E-state index is 5.69. The summed E-state index contributed by atoms with van der Waals surface area (Å²) in [6.07, 6.45) is 3.17. The first kappa shape index (κ1) is 19.4. The molecule has 1 heterocycles. The van der Waals surface area contributed by atoms with Crippen molar-refractivity contribution in [2.75, 3.05) is 5.32 Å². The number of hydrogen-bond acceptors (Lipinski definition) is 6. The lowest BCUT2D eigenvalue weighted by Gasteiger charge is -2.10. The highest BCUT2D eigenvalue weighted by molar-refractivity contribution is 5.90. The van der Waals surface area contributed by atoms with Crippen LogP contribution in [0.5, 0.6) is 5.75 Å². The van der Waals surface area contributed by atoms with Crippen LogP contribution in [0.3, 0.4) is 0 Å². The number of ether oxygens (including phenoxy) is 1. The number of benzene rings is 3. The first-order chi connectivity index (χ1) is 14.8. The molecule has 0 aliphatic carbocycles. The first-order valence-electron chi connectivity index (χ1n) is 9.60. The third-order valence-electron chi connectivity index (χ3n) is 4.35. The van der Waals surface area contributed by atoms with Gasteiger partial charge in [0, 0.05) is 11.1 Å². The van der Waals surface area contributed by atoms with E-state index in [4.69, 9.17) is 9.57 Å². The molecule has 150 valence electrons. The molecule has 0 saturated heterocycles. The zero-order valence-electron chi connectivity index (χ0n) is 16.6. The summed E-state index contributed by atoms with van der Waals surface area (Å²) in [6.45, 7) is 2.35. The molecule has 0 aliphatic heterocycles. The topological polar surface area (TPSA) is 68.3 Å². The molecular formula is C24H22N4O2. The highest BCUT2D eigenvalue weighted by Gasteiger charge is 2.03. The van der Waals surface area contributed by atoms with E-state index in [-0.39, 0.29) is 0 Å². The van der Waals surface area contributed by atoms with Gasteiger partial charge in [0.2, 0.25) is 0 Å². The van der Waals surface area contributed by atoms with Crippen LogP contribution < -0.4 is 15.5 Å². The maximum atomic E-state index is 5.69. The van der Waals surface area contributed by atoms with Gasteiger partial charge in [-0.2, -0.15) is 0 Å². The van der Waals surface area contributed by atoms with Crippen LogP contribution in [0, 0.1) is 0 Å². The lowest BCUT2D eigenvalue weighted by atomic mass is 10.2. The SMILES string of the molecule is CC(=COc1ccc(Nc2ncnc3ccccc23)cc1)NOCc1ccccc1. The van der Waals surface area contributed by atoms with E-state index in [0.717, 1.165) is 39.4 Å². The van der Waals surface area contributed by atoms with Gasteiger partial charge in [-0.1, -0.05) is 42.5 Å². The first-order valence-corrected chi connectivity index (χ1v) is 9.60. The summed E-state index contributed by atoms with van der Waals surface area (Å²) in [6, 6.07) is 25.5. The van der Waals surface area contributed by atoms with E-state index in [1.165, 1.54) is 0 Å². The Morgan fingerprint density at radius 2 is 1.67 bits per heavy atom. The highest BCUT2D eigenvalue weighted by atomic mass is 16.6. The molecule has 0 saturated carbocycles. The zero-order valence-corrected chi connectivity index (χ0v) is 16.6. The molecule has 1 aromatic heterocycles. The summed E-state index contributed by atoms with van der Waals surface area (Å²) < 4.78 is 5.69. The maximum Gasteiger partial charge on any atom is 0.141 e. The molecule has 0 unspecified atom stereocenters. The van der Waals surface area contributed by atoms with Gasteiger partial charge in [-0.25, -0.2) is 9.97 Å². The van der Waals surface area contributed by atoms with Gasteiger partial charge in [0.05, 0.1) is 17.8 Å². The molecule has 0 fully saturated rings. The Balaban J connectivity index is 1.31. The zero-order chi connectivity index (χ0) is 20.6. The molecule has 6 nitrogen and oxygen atoms in total. The number of nitrogens with one attached hydrogen (secondary N) is 2. The Morgan fingerprint density at radius 1 is 0.900 bits per heavy atom. The molecule has 0 aliphatic rings. The van der Waals surface area contributed by atoms with Crippen molar-refractivity contribution < 1.29 is 9.57 Å². The van der Waals surface area contributed by atoms with Gasteiger partial charge < -0.3 is 10.1 Å². The summed E-state index contributed by atoms with van der Waals surface area (Å²) in [7, 11) is 0. The predicted molar refractivity (Wildman–Crippen MR) is 118 cm³/mol. The van der Waals surface area contributed by atoms with Gasteiger partial charge in [-0.3, -0.25) is 10.3 Å². The monoisotopic (exact) mass is 398 g/mol. The highest BCUT2D eigenvalue weighted by Crippen LogP contribution is 2.24. The molecule has 4 rings (SSSR count). The van der Waals surface area contributed by atoms with Crippen molar-refractivity contribution in [2.24, 2.45) is 0 Å². The number of rotatable bonds is 8. The number of nitrogens with zero attached hydrogens (tertiary/aromatic N) is 2. The van der Waals surface area contributed by atoms with Gasteiger partial charge in [-0.15, -0.1) is 0 Å². The molecule has 6 heteroatoms. The Labute approximate surface area is 175 Å². The number of hydroxylamine groups is 1. The summed E-state index contributed by atoms with van der Waals surface area (Å²) >= 11 is 0. The summed E-state index contributed by atoms with van der Waals surface area (Å²) in [5, 5.41) is 4.30. The van der Waals surface area contributed by atoms with E-state index in [1.54, 1.807) is 12.6 Å². The van der Waals surface area contributed by atoms with E-state index >= 15 is 0 Å². The molecule has 0 bridgehead atoms.